The van der Waals surface area contributed by atoms with E-state index in [0.717, 1.165) is 6.26 Å². The van der Waals surface area contributed by atoms with Crippen molar-refractivity contribution in [2.75, 3.05) is 6.26 Å². The summed E-state index contributed by atoms with van der Waals surface area (Å²) >= 11 is 0. The number of aromatic amines is 1. The minimum Gasteiger partial charge on any atom is -0.507 e. The molecule has 114 valence electrons. The van der Waals surface area contributed by atoms with Crippen LogP contribution in [0.15, 0.2) is 46.3 Å². The SMILES string of the molecule is Cn1cc(-c2cc(S(C)(=O)=O)ccc2O)c2cc[nH]c2c1=O. The highest BCUT2D eigenvalue weighted by molar-refractivity contribution is 7.90. The number of nitrogens with one attached hydrogen (secondary N) is 1. The standard InChI is InChI=1S/C15H14N2O4S/c1-17-8-12(10-5-6-16-14(10)15(17)19)11-7-9(22(2,20)21)3-4-13(11)18/h3-8,16,18H,1-2H3. The average Bonchev–Trinajstić information content (AvgIpc) is 2.92. The molecule has 6 nitrogen and oxygen atoms in total. The molecule has 0 aliphatic carbocycles. The van der Waals surface area contributed by atoms with Gasteiger partial charge in [0.15, 0.2) is 9.84 Å². The number of aromatic nitrogens is 2. The van der Waals surface area contributed by atoms with E-state index in [2.05, 4.69) is 4.98 Å². The van der Waals surface area contributed by atoms with Crippen molar-refractivity contribution in [3.05, 3.63) is 47.0 Å². The second kappa shape index (κ2) is 4.74. The fourth-order valence-electron chi connectivity index (χ4n) is 2.45. The summed E-state index contributed by atoms with van der Waals surface area (Å²) in [6.45, 7) is 0. The summed E-state index contributed by atoms with van der Waals surface area (Å²) in [6, 6.07) is 5.83. The summed E-state index contributed by atoms with van der Waals surface area (Å²) in [5.74, 6) is -0.0476. The highest BCUT2D eigenvalue weighted by Crippen LogP contribution is 2.34. The van der Waals surface area contributed by atoms with E-state index >= 15 is 0 Å². The first kappa shape index (κ1) is 14.4. The van der Waals surface area contributed by atoms with Crippen LogP contribution in [0.25, 0.3) is 22.0 Å². The number of hydrogen-bond acceptors (Lipinski definition) is 4. The predicted molar refractivity (Wildman–Crippen MR) is 83.8 cm³/mol. The second-order valence-corrected chi connectivity index (χ2v) is 7.19. The van der Waals surface area contributed by atoms with Gasteiger partial charge in [0.1, 0.15) is 11.3 Å². The molecular weight excluding hydrogens is 304 g/mol. The molecule has 2 N–H and O–H groups in total. The Kier molecular flexibility index (Phi) is 3.10. The van der Waals surface area contributed by atoms with Crippen LogP contribution in [-0.4, -0.2) is 29.3 Å². The van der Waals surface area contributed by atoms with Crippen LogP contribution in [0.5, 0.6) is 5.75 Å². The molecule has 22 heavy (non-hydrogen) atoms. The first-order valence-electron chi connectivity index (χ1n) is 6.49. The van der Waals surface area contributed by atoms with Crippen LogP contribution in [0.2, 0.25) is 0 Å². The number of hydrogen-bond donors (Lipinski definition) is 2. The number of aromatic hydroxyl groups is 1. The Balaban J connectivity index is 2.40. The van der Waals surface area contributed by atoms with Gasteiger partial charge >= 0.3 is 0 Å². The first-order chi connectivity index (χ1) is 10.3. The first-order valence-corrected chi connectivity index (χ1v) is 8.38. The molecule has 0 saturated heterocycles. The van der Waals surface area contributed by atoms with E-state index in [1.54, 1.807) is 25.5 Å². The summed E-state index contributed by atoms with van der Waals surface area (Å²) in [7, 11) is -1.79. The number of phenolic OH excluding ortho intramolecular Hbond substituents is 1. The quantitative estimate of drug-likeness (QED) is 0.751. The molecule has 0 amide bonds. The largest absolute Gasteiger partial charge is 0.507 e. The van der Waals surface area contributed by atoms with E-state index < -0.39 is 9.84 Å². The van der Waals surface area contributed by atoms with Gasteiger partial charge in [-0.15, -0.1) is 0 Å². The zero-order valence-electron chi connectivity index (χ0n) is 12.0. The van der Waals surface area contributed by atoms with Gasteiger partial charge < -0.3 is 14.7 Å². The maximum Gasteiger partial charge on any atom is 0.274 e. The van der Waals surface area contributed by atoms with Crippen LogP contribution in [0, 0.1) is 0 Å². The van der Waals surface area contributed by atoms with Gasteiger partial charge in [-0.05, 0) is 24.3 Å². The molecule has 0 spiro atoms. The van der Waals surface area contributed by atoms with Crippen LogP contribution in [-0.2, 0) is 16.9 Å². The number of aryl methyl sites for hydroxylation is 1. The topological polar surface area (TPSA) is 92.2 Å². The van der Waals surface area contributed by atoms with Crippen molar-refractivity contribution in [2.45, 2.75) is 4.90 Å². The lowest BCUT2D eigenvalue weighted by Gasteiger charge is -2.10. The second-order valence-electron chi connectivity index (χ2n) is 5.18. The molecular formula is C15H14N2O4S. The Hall–Kier alpha value is -2.54. The number of rotatable bonds is 2. The lowest BCUT2D eigenvalue weighted by atomic mass is 10.0. The zero-order chi connectivity index (χ0) is 16.1. The number of pyridine rings is 1. The minimum atomic E-state index is -3.40. The van der Waals surface area contributed by atoms with E-state index in [0.29, 0.717) is 22.0 Å². The molecule has 0 unspecified atom stereocenters. The van der Waals surface area contributed by atoms with Crippen molar-refractivity contribution < 1.29 is 13.5 Å². The van der Waals surface area contributed by atoms with Crippen molar-refractivity contribution in [2.24, 2.45) is 7.05 Å². The van der Waals surface area contributed by atoms with Crippen molar-refractivity contribution in [3.8, 4) is 16.9 Å². The Morgan fingerprint density at radius 3 is 2.59 bits per heavy atom. The van der Waals surface area contributed by atoms with Gasteiger partial charge in [0.05, 0.1) is 4.90 Å². The Bertz CT molecular complexity index is 1050. The third-order valence-corrected chi connectivity index (χ3v) is 4.69. The van der Waals surface area contributed by atoms with Crippen molar-refractivity contribution in [1.29, 1.82) is 0 Å². The predicted octanol–water partition coefficient (Wildman–Crippen LogP) is 1.64. The molecule has 0 atom stereocenters. The van der Waals surface area contributed by atoms with Gasteiger partial charge in [0, 0.05) is 42.2 Å². The van der Waals surface area contributed by atoms with Crippen molar-refractivity contribution >= 4 is 20.7 Å². The molecule has 0 saturated carbocycles. The van der Waals surface area contributed by atoms with Gasteiger partial charge in [-0.25, -0.2) is 8.42 Å². The molecule has 1 aromatic carbocycles. The van der Waals surface area contributed by atoms with E-state index in [1.807, 2.05) is 0 Å². The molecule has 3 aromatic rings. The molecule has 2 heterocycles. The van der Waals surface area contributed by atoms with Gasteiger partial charge in [0.25, 0.3) is 5.56 Å². The minimum absolute atomic E-state index is 0.0476. The molecule has 0 bridgehead atoms. The summed E-state index contributed by atoms with van der Waals surface area (Å²) < 4.78 is 24.8. The average molecular weight is 318 g/mol. The molecule has 0 aliphatic rings. The normalized spacial score (nSPS) is 11.9. The van der Waals surface area contributed by atoms with Gasteiger partial charge in [-0.1, -0.05) is 0 Å². The van der Waals surface area contributed by atoms with Gasteiger partial charge in [0.2, 0.25) is 0 Å². The number of H-pyrrole nitrogens is 1. The Morgan fingerprint density at radius 2 is 1.91 bits per heavy atom. The Morgan fingerprint density at radius 1 is 1.18 bits per heavy atom. The zero-order valence-corrected chi connectivity index (χ0v) is 12.8. The van der Waals surface area contributed by atoms with E-state index in [9.17, 15) is 18.3 Å². The lowest BCUT2D eigenvalue weighted by molar-refractivity contribution is 0.477. The van der Waals surface area contributed by atoms with Crippen LogP contribution in [0.1, 0.15) is 0 Å². The summed E-state index contributed by atoms with van der Waals surface area (Å²) in [5.41, 5.74) is 1.16. The molecule has 0 aliphatic heterocycles. The van der Waals surface area contributed by atoms with Crippen molar-refractivity contribution in [1.82, 2.24) is 9.55 Å². The smallest absolute Gasteiger partial charge is 0.274 e. The highest BCUT2D eigenvalue weighted by atomic mass is 32.2. The van der Waals surface area contributed by atoms with E-state index in [-0.39, 0.29) is 16.2 Å². The number of fused-ring (bicyclic) bond motifs is 1. The Labute approximate surface area is 126 Å². The maximum absolute atomic E-state index is 12.1. The summed E-state index contributed by atoms with van der Waals surface area (Å²) in [5, 5.41) is 10.7. The number of sulfone groups is 1. The molecule has 7 heteroatoms. The van der Waals surface area contributed by atoms with Crippen LogP contribution < -0.4 is 5.56 Å². The highest BCUT2D eigenvalue weighted by Gasteiger charge is 2.16. The third-order valence-electron chi connectivity index (χ3n) is 3.58. The fraction of sp³-hybridized carbons (Fsp3) is 0.133. The maximum atomic E-state index is 12.1. The van der Waals surface area contributed by atoms with Gasteiger partial charge in [-0.2, -0.15) is 0 Å². The summed E-state index contributed by atoms with van der Waals surface area (Å²) in [6.07, 6.45) is 4.32. The summed E-state index contributed by atoms with van der Waals surface area (Å²) in [4.78, 5) is 15.0. The molecule has 3 rings (SSSR count). The van der Waals surface area contributed by atoms with Crippen LogP contribution in [0.3, 0.4) is 0 Å². The lowest BCUT2D eigenvalue weighted by Crippen LogP contribution is -2.16. The van der Waals surface area contributed by atoms with Gasteiger partial charge in [-0.3, -0.25) is 4.79 Å². The fourth-order valence-corrected chi connectivity index (χ4v) is 3.09. The number of benzene rings is 1. The monoisotopic (exact) mass is 318 g/mol. The van der Waals surface area contributed by atoms with E-state index in [4.69, 9.17) is 0 Å². The number of nitrogens with zero attached hydrogens (tertiary/aromatic N) is 1. The molecule has 0 fully saturated rings. The molecule has 0 radical (unpaired) electrons. The van der Waals surface area contributed by atoms with E-state index in [1.165, 1.54) is 22.8 Å². The third kappa shape index (κ3) is 2.19. The van der Waals surface area contributed by atoms with Crippen molar-refractivity contribution in [3.63, 3.8) is 0 Å². The van der Waals surface area contributed by atoms with Crippen LogP contribution in [0.4, 0.5) is 0 Å². The number of phenols is 1. The molecule has 2 aromatic heterocycles. The van der Waals surface area contributed by atoms with Crippen LogP contribution >= 0.6 is 0 Å².